The molecule has 26 heavy (non-hydrogen) atoms. The summed E-state index contributed by atoms with van der Waals surface area (Å²) in [6.07, 6.45) is 0.572. The number of guanidine groups is 1. The summed E-state index contributed by atoms with van der Waals surface area (Å²) in [6, 6.07) is 9.32. The van der Waals surface area contributed by atoms with Crippen LogP contribution < -0.4 is 15.4 Å². The van der Waals surface area contributed by atoms with Crippen molar-refractivity contribution in [2.45, 2.75) is 26.1 Å². The predicted octanol–water partition coefficient (Wildman–Crippen LogP) is 3.09. The lowest BCUT2D eigenvalue weighted by Gasteiger charge is -2.18. The van der Waals surface area contributed by atoms with E-state index in [2.05, 4.69) is 15.6 Å². The Labute approximate surface area is 169 Å². The van der Waals surface area contributed by atoms with Crippen molar-refractivity contribution < 1.29 is 18.7 Å². The van der Waals surface area contributed by atoms with Gasteiger partial charge in [-0.25, -0.2) is 4.39 Å². The normalized spacial score (nSPS) is 13.5. The van der Waals surface area contributed by atoms with E-state index in [4.69, 9.17) is 9.15 Å². The standard InChI is InChI=1S/C18H24FN3O3.HI/c1-3-20-18(22-12-16(23)17-5-4-10-24-17)21-11-13(2)25-15-8-6-14(19)7-9-15;/h4-10,13,16,23H,3,11-12H2,1-2H3,(H2,20,21,22);1H. The van der Waals surface area contributed by atoms with Gasteiger partial charge in [0.2, 0.25) is 0 Å². The van der Waals surface area contributed by atoms with Gasteiger partial charge in [-0.05, 0) is 50.2 Å². The molecule has 0 amide bonds. The van der Waals surface area contributed by atoms with E-state index in [1.54, 1.807) is 24.3 Å². The first-order valence-electron chi connectivity index (χ1n) is 8.24. The van der Waals surface area contributed by atoms with Gasteiger partial charge < -0.3 is 24.9 Å². The molecule has 0 bridgehead atoms. The molecule has 2 unspecified atom stereocenters. The molecule has 0 fully saturated rings. The Morgan fingerprint density at radius 1 is 1.27 bits per heavy atom. The summed E-state index contributed by atoms with van der Waals surface area (Å²) in [4.78, 5) is 4.34. The molecular weight excluding hydrogens is 452 g/mol. The topological polar surface area (TPSA) is 79.0 Å². The number of ether oxygens (including phenoxy) is 1. The molecule has 8 heteroatoms. The number of hydrogen-bond donors (Lipinski definition) is 3. The third-order valence-electron chi connectivity index (χ3n) is 3.35. The van der Waals surface area contributed by atoms with Crippen LogP contribution in [0.5, 0.6) is 5.75 Å². The highest BCUT2D eigenvalue weighted by Gasteiger charge is 2.11. The lowest BCUT2D eigenvalue weighted by Crippen LogP contribution is -2.42. The van der Waals surface area contributed by atoms with Gasteiger partial charge in [-0.2, -0.15) is 0 Å². The minimum absolute atomic E-state index is 0. The van der Waals surface area contributed by atoms with E-state index >= 15 is 0 Å². The van der Waals surface area contributed by atoms with Gasteiger partial charge in [0.1, 0.15) is 29.5 Å². The number of aliphatic hydroxyl groups excluding tert-OH is 1. The summed E-state index contributed by atoms with van der Waals surface area (Å²) in [6.45, 7) is 5.22. The Morgan fingerprint density at radius 3 is 2.62 bits per heavy atom. The molecule has 1 heterocycles. The van der Waals surface area contributed by atoms with E-state index in [9.17, 15) is 9.50 Å². The minimum atomic E-state index is -0.793. The van der Waals surface area contributed by atoms with Crippen LogP contribution in [-0.2, 0) is 0 Å². The Balaban J connectivity index is 0.00000338. The Bertz CT molecular complexity index is 650. The molecule has 2 aromatic rings. The average Bonchev–Trinajstić information content (AvgIpc) is 3.14. The fourth-order valence-corrected chi connectivity index (χ4v) is 2.12. The molecule has 0 saturated heterocycles. The number of nitrogens with one attached hydrogen (secondary N) is 2. The fourth-order valence-electron chi connectivity index (χ4n) is 2.12. The number of furan rings is 1. The summed E-state index contributed by atoms with van der Waals surface area (Å²) in [5.41, 5.74) is 0. The second-order valence-electron chi connectivity index (χ2n) is 5.51. The van der Waals surface area contributed by atoms with E-state index in [-0.39, 0.29) is 42.4 Å². The monoisotopic (exact) mass is 477 g/mol. The molecule has 1 aromatic heterocycles. The maximum Gasteiger partial charge on any atom is 0.191 e. The molecule has 0 radical (unpaired) electrons. The third-order valence-corrected chi connectivity index (χ3v) is 3.35. The van der Waals surface area contributed by atoms with Gasteiger partial charge in [0.15, 0.2) is 5.96 Å². The van der Waals surface area contributed by atoms with E-state index in [0.717, 1.165) is 0 Å². The molecule has 0 saturated carbocycles. The van der Waals surface area contributed by atoms with Crippen molar-refractivity contribution in [3.8, 4) is 5.75 Å². The zero-order chi connectivity index (χ0) is 18.1. The van der Waals surface area contributed by atoms with Crippen molar-refractivity contribution in [2.24, 2.45) is 4.99 Å². The van der Waals surface area contributed by atoms with Crippen molar-refractivity contribution in [2.75, 3.05) is 19.6 Å². The minimum Gasteiger partial charge on any atom is -0.489 e. The van der Waals surface area contributed by atoms with Crippen LogP contribution in [0.15, 0.2) is 52.1 Å². The van der Waals surface area contributed by atoms with Gasteiger partial charge in [0.25, 0.3) is 0 Å². The molecule has 2 atom stereocenters. The van der Waals surface area contributed by atoms with Gasteiger partial charge in [0.05, 0.1) is 19.4 Å². The first-order chi connectivity index (χ1) is 12.1. The third kappa shape index (κ3) is 7.61. The smallest absolute Gasteiger partial charge is 0.191 e. The summed E-state index contributed by atoms with van der Waals surface area (Å²) in [5.74, 6) is 1.36. The Kier molecular flexibility index (Phi) is 10.0. The SMILES string of the molecule is CCNC(=NCC(O)c1ccco1)NCC(C)Oc1ccc(F)cc1.I. The number of nitrogens with zero attached hydrogens (tertiary/aromatic N) is 1. The lowest BCUT2D eigenvalue weighted by molar-refractivity contribution is 0.158. The summed E-state index contributed by atoms with van der Waals surface area (Å²) in [5, 5.41) is 16.3. The number of hydrogen-bond acceptors (Lipinski definition) is 4. The number of aliphatic imine (C=N–C) groups is 1. The Morgan fingerprint density at radius 2 is 2.00 bits per heavy atom. The van der Waals surface area contributed by atoms with Gasteiger partial charge in [-0.15, -0.1) is 24.0 Å². The van der Waals surface area contributed by atoms with Crippen molar-refractivity contribution >= 4 is 29.9 Å². The van der Waals surface area contributed by atoms with E-state index < -0.39 is 6.10 Å². The molecule has 0 aliphatic carbocycles. The first-order valence-corrected chi connectivity index (χ1v) is 8.24. The first kappa shape index (κ1) is 22.2. The van der Waals surface area contributed by atoms with Crippen LogP contribution in [-0.4, -0.2) is 36.8 Å². The quantitative estimate of drug-likeness (QED) is 0.310. The summed E-state index contributed by atoms with van der Waals surface area (Å²) < 4.78 is 23.8. The van der Waals surface area contributed by atoms with Gasteiger partial charge in [0, 0.05) is 6.54 Å². The number of aliphatic hydroxyl groups is 1. The molecule has 6 nitrogen and oxygen atoms in total. The van der Waals surface area contributed by atoms with Crippen molar-refractivity contribution in [1.29, 1.82) is 0 Å². The molecular formula is C18H25FIN3O3. The Hall–Kier alpha value is -1.81. The second-order valence-corrected chi connectivity index (χ2v) is 5.51. The van der Waals surface area contributed by atoms with E-state index in [1.807, 2.05) is 13.8 Å². The molecule has 1 aromatic carbocycles. The van der Waals surface area contributed by atoms with Crippen LogP contribution >= 0.6 is 24.0 Å². The molecule has 144 valence electrons. The van der Waals surface area contributed by atoms with E-state index in [0.29, 0.717) is 30.6 Å². The molecule has 0 aliphatic heterocycles. The highest BCUT2D eigenvalue weighted by Crippen LogP contribution is 2.13. The zero-order valence-electron chi connectivity index (χ0n) is 14.8. The second kappa shape index (κ2) is 11.7. The maximum absolute atomic E-state index is 12.9. The molecule has 0 aliphatic rings. The van der Waals surface area contributed by atoms with Crippen LogP contribution in [0.3, 0.4) is 0 Å². The van der Waals surface area contributed by atoms with E-state index in [1.165, 1.54) is 18.4 Å². The predicted molar refractivity (Wildman–Crippen MR) is 110 cm³/mol. The fraction of sp³-hybridized carbons (Fsp3) is 0.389. The highest BCUT2D eigenvalue weighted by atomic mass is 127. The van der Waals surface area contributed by atoms with Crippen LogP contribution in [0.1, 0.15) is 25.7 Å². The van der Waals surface area contributed by atoms with Crippen LogP contribution in [0.25, 0.3) is 0 Å². The molecule has 0 spiro atoms. The van der Waals surface area contributed by atoms with Crippen LogP contribution in [0.4, 0.5) is 4.39 Å². The van der Waals surface area contributed by atoms with Crippen LogP contribution in [0.2, 0.25) is 0 Å². The van der Waals surface area contributed by atoms with Crippen molar-refractivity contribution in [3.63, 3.8) is 0 Å². The summed E-state index contributed by atoms with van der Waals surface area (Å²) in [7, 11) is 0. The molecule has 2 rings (SSSR count). The lowest BCUT2D eigenvalue weighted by atomic mass is 10.3. The summed E-state index contributed by atoms with van der Waals surface area (Å²) >= 11 is 0. The van der Waals surface area contributed by atoms with Gasteiger partial charge in [-0.3, -0.25) is 4.99 Å². The van der Waals surface area contributed by atoms with Gasteiger partial charge in [-0.1, -0.05) is 0 Å². The zero-order valence-corrected chi connectivity index (χ0v) is 17.1. The molecule has 3 N–H and O–H groups in total. The van der Waals surface area contributed by atoms with Crippen molar-refractivity contribution in [1.82, 2.24) is 10.6 Å². The highest BCUT2D eigenvalue weighted by molar-refractivity contribution is 14.0. The van der Waals surface area contributed by atoms with Crippen molar-refractivity contribution in [3.05, 3.63) is 54.2 Å². The maximum atomic E-state index is 12.9. The van der Waals surface area contributed by atoms with Crippen LogP contribution in [0, 0.1) is 5.82 Å². The number of halogens is 2. The number of benzene rings is 1. The van der Waals surface area contributed by atoms with Gasteiger partial charge >= 0.3 is 0 Å². The largest absolute Gasteiger partial charge is 0.489 e. The number of rotatable bonds is 8. The average molecular weight is 477 g/mol.